The van der Waals surface area contributed by atoms with Gasteiger partial charge in [-0.3, -0.25) is 4.79 Å². The van der Waals surface area contributed by atoms with E-state index in [1.54, 1.807) is 12.1 Å². The van der Waals surface area contributed by atoms with Crippen LogP contribution in [0.2, 0.25) is 0 Å². The highest BCUT2D eigenvalue weighted by atomic mass is 32.2. The Morgan fingerprint density at radius 2 is 1.69 bits per heavy atom. The normalized spacial score (nSPS) is 11.2. The van der Waals surface area contributed by atoms with E-state index in [1.807, 2.05) is 45.0 Å². The first kappa shape index (κ1) is 22.7. The third-order valence-corrected chi connectivity index (χ3v) is 5.89. The Labute approximate surface area is 172 Å². The Balaban J connectivity index is 1.86. The number of carbonyl (C=O) groups is 1. The molecule has 0 radical (unpaired) electrons. The molecule has 2 N–H and O–H groups in total. The third kappa shape index (κ3) is 6.47. The van der Waals surface area contributed by atoms with Crippen LogP contribution in [0.15, 0.2) is 41.3 Å². The van der Waals surface area contributed by atoms with Crippen LogP contribution in [0.25, 0.3) is 0 Å². The van der Waals surface area contributed by atoms with Gasteiger partial charge >= 0.3 is 0 Å². The molecule has 0 aliphatic rings. The second-order valence-electron chi connectivity index (χ2n) is 6.59. The van der Waals surface area contributed by atoms with Crippen LogP contribution < -0.4 is 19.5 Å². The van der Waals surface area contributed by atoms with E-state index >= 15 is 0 Å². The summed E-state index contributed by atoms with van der Waals surface area (Å²) in [5.74, 6) is 0.866. The molecule has 7 nitrogen and oxygen atoms in total. The van der Waals surface area contributed by atoms with Gasteiger partial charge in [0.15, 0.2) is 0 Å². The lowest BCUT2D eigenvalue weighted by Gasteiger charge is -2.13. The van der Waals surface area contributed by atoms with Crippen LogP contribution in [-0.2, 0) is 21.2 Å². The summed E-state index contributed by atoms with van der Waals surface area (Å²) in [5, 5.41) is 2.72. The first-order valence-corrected chi connectivity index (χ1v) is 10.9. The van der Waals surface area contributed by atoms with E-state index in [1.165, 1.54) is 7.11 Å². The third-order valence-electron chi connectivity index (χ3n) is 4.41. The van der Waals surface area contributed by atoms with Crippen molar-refractivity contribution in [1.82, 2.24) is 10.0 Å². The second kappa shape index (κ2) is 10.3. The average molecular weight is 421 g/mol. The van der Waals surface area contributed by atoms with Crippen molar-refractivity contribution >= 4 is 15.9 Å². The van der Waals surface area contributed by atoms with Crippen LogP contribution in [0.5, 0.6) is 11.5 Å². The number of nitrogens with one attached hydrogen (secondary N) is 2. The lowest BCUT2D eigenvalue weighted by Crippen LogP contribution is -2.35. The maximum atomic E-state index is 12.6. The number of benzene rings is 2. The quantitative estimate of drug-likeness (QED) is 0.576. The molecule has 1 amide bonds. The number of carbonyl (C=O) groups excluding carboxylic acids is 1. The molecule has 0 aromatic heterocycles. The first-order valence-electron chi connectivity index (χ1n) is 9.40. The predicted molar refractivity (Wildman–Crippen MR) is 112 cm³/mol. The molecule has 8 heteroatoms. The molecule has 2 rings (SSSR count). The number of aryl methyl sites for hydroxylation is 2. The Hall–Kier alpha value is -2.58. The molecule has 0 fully saturated rings. The zero-order valence-corrected chi connectivity index (χ0v) is 18.1. The monoisotopic (exact) mass is 420 g/mol. The van der Waals surface area contributed by atoms with Gasteiger partial charge in [-0.2, -0.15) is 0 Å². The van der Waals surface area contributed by atoms with Crippen molar-refractivity contribution < 1.29 is 22.7 Å². The van der Waals surface area contributed by atoms with Crippen molar-refractivity contribution in [1.29, 1.82) is 0 Å². The molecule has 158 valence electrons. The van der Waals surface area contributed by atoms with E-state index in [9.17, 15) is 13.2 Å². The number of methoxy groups -OCH3 is 1. The van der Waals surface area contributed by atoms with Crippen LogP contribution in [-0.4, -0.2) is 41.1 Å². The van der Waals surface area contributed by atoms with Gasteiger partial charge in [0.05, 0.1) is 20.1 Å². The van der Waals surface area contributed by atoms with Crippen molar-refractivity contribution in [3.63, 3.8) is 0 Å². The number of sulfonamides is 1. The minimum Gasteiger partial charge on any atom is -0.495 e. The van der Waals surface area contributed by atoms with Gasteiger partial charge in [0.1, 0.15) is 16.4 Å². The molecule has 0 saturated carbocycles. The van der Waals surface area contributed by atoms with Crippen molar-refractivity contribution in [2.24, 2.45) is 0 Å². The maximum absolute atomic E-state index is 12.6. The summed E-state index contributed by atoms with van der Waals surface area (Å²) in [6.07, 6.45) is 0.212. The summed E-state index contributed by atoms with van der Waals surface area (Å²) < 4.78 is 38.2. The molecule has 0 spiro atoms. The highest BCUT2D eigenvalue weighted by molar-refractivity contribution is 7.89. The van der Waals surface area contributed by atoms with Crippen LogP contribution in [0, 0.1) is 13.8 Å². The minimum atomic E-state index is -3.75. The summed E-state index contributed by atoms with van der Waals surface area (Å²) in [6, 6.07) is 10.6. The van der Waals surface area contributed by atoms with Crippen LogP contribution in [0.3, 0.4) is 0 Å². The molecular weight excluding hydrogens is 392 g/mol. The first-order chi connectivity index (χ1) is 13.8. The van der Waals surface area contributed by atoms with Crippen molar-refractivity contribution in [3.8, 4) is 11.5 Å². The Bertz CT molecular complexity index is 940. The van der Waals surface area contributed by atoms with E-state index in [4.69, 9.17) is 9.47 Å². The molecule has 0 unspecified atom stereocenters. The zero-order chi connectivity index (χ0) is 21.4. The number of hydrogen-bond donors (Lipinski definition) is 2. The lowest BCUT2D eigenvalue weighted by atomic mass is 10.1. The zero-order valence-electron chi connectivity index (χ0n) is 17.2. The van der Waals surface area contributed by atoms with E-state index in [0.29, 0.717) is 12.4 Å². The Morgan fingerprint density at radius 1 is 1.03 bits per heavy atom. The molecule has 0 bridgehead atoms. The lowest BCUT2D eigenvalue weighted by molar-refractivity contribution is -0.120. The van der Waals surface area contributed by atoms with E-state index in [-0.39, 0.29) is 30.3 Å². The summed E-state index contributed by atoms with van der Waals surface area (Å²) >= 11 is 0. The number of rotatable bonds is 10. The van der Waals surface area contributed by atoms with E-state index in [0.717, 1.165) is 22.4 Å². The molecule has 2 aromatic rings. The summed E-state index contributed by atoms with van der Waals surface area (Å²) in [7, 11) is -2.31. The van der Waals surface area contributed by atoms with Gasteiger partial charge in [0, 0.05) is 13.1 Å². The predicted octanol–water partition coefficient (Wildman–Crippen LogP) is 2.35. The standard InChI is InChI=1S/C21H28N2O5S/c1-5-28-18-8-6-17(7-9-18)14-21(24)22-10-11-23-29(25,26)20-13-16(3)15(2)12-19(20)27-4/h6-9,12-13,23H,5,10-11,14H2,1-4H3,(H,22,24). The molecule has 0 aliphatic carbocycles. The number of ether oxygens (including phenoxy) is 2. The highest BCUT2D eigenvalue weighted by Crippen LogP contribution is 2.27. The molecule has 0 atom stereocenters. The van der Waals surface area contributed by atoms with Gasteiger partial charge in [-0.15, -0.1) is 0 Å². The van der Waals surface area contributed by atoms with Gasteiger partial charge in [-0.05, 0) is 61.7 Å². The van der Waals surface area contributed by atoms with Gasteiger partial charge in [-0.25, -0.2) is 13.1 Å². The van der Waals surface area contributed by atoms with Crippen molar-refractivity contribution in [2.45, 2.75) is 32.1 Å². The van der Waals surface area contributed by atoms with Crippen molar-refractivity contribution in [3.05, 3.63) is 53.1 Å². The van der Waals surface area contributed by atoms with Crippen LogP contribution >= 0.6 is 0 Å². The van der Waals surface area contributed by atoms with Crippen molar-refractivity contribution in [2.75, 3.05) is 26.8 Å². The summed E-state index contributed by atoms with van der Waals surface area (Å²) in [6.45, 7) is 6.49. The van der Waals surface area contributed by atoms with E-state index in [2.05, 4.69) is 10.0 Å². The van der Waals surface area contributed by atoms with Gasteiger partial charge in [0.25, 0.3) is 0 Å². The number of hydrogen-bond acceptors (Lipinski definition) is 5. The van der Waals surface area contributed by atoms with Gasteiger partial charge < -0.3 is 14.8 Å². The fraction of sp³-hybridized carbons (Fsp3) is 0.381. The second-order valence-corrected chi connectivity index (χ2v) is 8.32. The maximum Gasteiger partial charge on any atom is 0.244 e. The fourth-order valence-corrected chi connectivity index (χ4v) is 3.98. The molecule has 0 saturated heterocycles. The van der Waals surface area contributed by atoms with Gasteiger partial charge in [-0.1, -0.05) is 12.1 Å². The van der Waals surface area contributed by atoms with Crippen LogP contribution in [0.1, 0.15) is 23.6 Å². The Kier molecular flexibility index (Phi) is 8.04. The topological polar surface area (TPSA) is 93.7 Å². The largest absolute Gasteiger partial charge is 0.495 e. The molecule has 29 heavy (non-hydrogen) atoms. The molecule has 0 aliphatic heterocycles. The van der Waals surface area contributed by atoms with Gasteiger partial charge in [0.2, 0.25) is 15.9 Å². The summed E-state index contributed by atoms with van der Waals surface area (Å²) in [5.41, 5.74) is 2.66. The SMILES string of the molecule is CCOc1ccc(CC(=O)NCCNS(=O)(=O)c2cc(C)c(C)cc2OC)cc1. The summed E-state index contributed by atoms with van der Waals surface area (Å²) in [4.78, 5) is 12.1. The fourth-order valence-electron chi connectivity index (χ4n) is 2.72. The number of amides is 1. The molecule has 2 aromatic carbocycles. The van der Waals surface area contributed by atoms with Crippen LogP contribution in [0.4, 0.5) is 0 Å². The van der Waals surface area contributed by atoms with E-state index < -0.39 is 10.0 Å². The molecule has 0 heterocycles. The average Bonchev–Trinajstić information content (AvgIpc) is 2.68. The molecular formula is C21H28N2O5S. The smallest absolute Gasteiger partial charge is 0.244 e. The Morgan fingerprint density at radius 3 is 2.31 bits per heavy atom. The highest BCUT2D eigenvalue weighted by Gasteiger charge is 2.20. The minimum absolute atomic E-state index is 0.0768.